The highest BCUT2D eigenvalue weighted by molar-refractivity contribution is 8.00. The minimum absolute atomic E-state index is 0.0744. The third kappa shape index (κ3) is 25.3. The molecule has 108 heavy (non-hydrogen) atoms. The molecule has 4 atom stereocenters. The topological polar surface area (TPSA) is 471 Å². The number of benzene rings is 2. The number of carbonyl (C=O) groups excluding carboxylic acids is 2. The van der Waals surface area contributed by atoms with Crippen LogP contribution in [0.5, 0.6) is 0 Å². The first-order valence-corrected chi connectivity index (χ1v) is 38.8. The molecule has 2 amide bonds. The Balaban J connectivity index is 0.000000249. The number of unbranched alkanes of at least 4 members (excludes halogenated alkanes) is 4. The second-order valence-corrected chi connectivity index (χ2v) is 29.8. The lowest BCUT2D eigenvalue weighted by atomic mass is 10.0. The molecule has 16 N–H and O–H groups in total. The maximum absolute atomic E-state index is 12.6. The zero-order chi connectivity index (χ0) is 77.2. The molecule has 0 spiro atoms. The van der Waals surface area contributed by atoms with Crippen LogP contribution in [0.3, 0.4) is 0 Å². The quantitative estimate of drug-likeness (QED) is 0.0241. The Hall–Kier alpha value is -9.56. The number of hydrogen-bond donors (Lipinski definition) is 12. The number of hydrogen-bond acceptors (Lipinski definition) is 26. The van der Waals surface area contributed by atoms with E-state index in [9.17, 15) is 39.0 Å². The fraction of sp³-hybridized carbons (Fsp3) is 0.528. The van der Waals surface area contributed by atoms with E-state index in [0.717, 1.165) is 187 Å². The van der Waals surface area contributed by atoms with Gasteiger partial charge in [-0.2, -0.15) is 9.97 Å². The van der Waals surface area contributed by atoms with Crippen molar-refractivity contribution < 1.29 is 49.2 Å². The van der Waals surface area contributed by atoms with Gasteiger partial charge in [-0.1, -0.05) is 86.4 Å². The second-order valence-electron chi connectivity index (χ2n) is 27.4. The van der Waals surface area contributed by atoms with E-state index >= 15 is 0 Å². The Morgan fingerprint density at radius 3 is 1.37 bits per heavy atom. The number of aryl methyl sites for hydroxylation is 2. The maximum Gasteiger partial charge on any atom is 0.321 e. The van der Waals surface area contributed by atoms with Crippen LogP contribution in [0.25, 0.3) is 22.1 Å². The Morgan fingerprint density at radius 1 is 0.519 bits per heavy atom. The van der Waals surface area contributed by atoms with E-state index < -0.39 is 64.7 Å². The molecule has 10 rings (SSSR count). The van der Waals surface area contributed by atoms with Gasteiger partial charge >= 0.3 is 23.9 Å². The normalized spacial score (nSPS) is 14.9. The van der Waals surface area contributed by atoms with Crippen LogP contribution in [0.4, 0.5) is 23.5 Å². The fourth-order valence-electron chi connectivity index (χ4n) is 12.7. The van der Waals surface area contributed by atoms with Gasteiger partial charge in [0, 0.05) is 135 Å². The van der Waals surface area contributed by atoms with E-state index in [1.165, 1.54) is 33.4 Å². The largest absolute Gasteiger partial charge is 0.481 e. The molecule has 0 aliphatic carbocycles. The zero-order valence-electron chi connectivity index (χ0n) is 62.0. The number of carboxylic acids is 4. The number of fused-ring (bicyclic) bond motifs is 2. The van der Waals surface area contributed by atoms with E-state index in [1.807, 2.05) is 12.1 Å². The van der Waals surface area contributed by atoms with Crippen LogP contribution in [0, 0.1) is 13.8 Å². The van der Waals surface area contributed by atoms with Crippen LogP contribution in [0.1, 0.15) is 110 Å². The molecule has 2 aliphatic heterocycles. The van der Waals surface area contributed by atoms with Gasteiger partial charge in [-0.25, -0.2) is 9.97 Å². The predicted octanol–water partition coefficient (Wildman–Crippen LogP) is 3.97. The first-order valence-electron chi connectivity index (χ1n) is 36.7. The van der Waals surface area contributed by atoms with Gasteiger partial charge in [0.25, 0.3) is 0 Å². The monoisotopic (exact) mass is 1530 g/mol. The fourth-order valence-corrected chi connectivity index (χ4v) is 14.7. The lowest BCUT2D eigenvalue weighted by Crippen LogP contribution is -2.46. The number of nitrogens with one attached hydrogen (secondary N) is 4. The number of rotatable bonds is 42. The zero-order valence-corrected chi connectivity index (χ0v) is 63.6. The lowest BCUT2D eigenvalue weighted by Gasteiger charge is -2.34. The van der Waals surface area contributed by atoms with Crippen molar-refractivity contribution >= 4 is 105 Å². The van der Waals surface area contributed by atoms with Gasteiger partial charge in [-0.15, -0.1) is 33.7 Å². The molecule has 0 radical (unpaired) electrons. The van der Waals surface area contributed by atoms with E-state index in [0.29, 0.717) is 37.6 Å². The highest BCUT2D eigenvalue weighted by Gasteiger charge is 2.28. The Morgan fingerprint density at radius 2 is 0.954 bits per heavy atom. The molecule has 2 unspecified atom stereocenters. The predicted molar refractivity (Wildman–Crippen MR) is 416 cm³/mol. The number of aliphatic carboxylic acids is 4. The molecule has 0 bridgehead atoms. The van der Waals surface area contributed by atoms with Gasteiger partial charge in [0.15, 0.2) is 11.6 Å². The summed E-state index contributed by atoms with van der Waals surface area (Å²) in [6.07, 6.45) is 13.7. The smallest absolute Gasteiger partial charge is 0.321 e. The number of carbonyl (C=O) groups is 6. The summed E-state index contributed by atoms with van der Waals surface area (Å²) in [7, 11) is 0. The molecule has 2 aromatic carbocycles. The minimum Gasteiger partial charge on any atom is -0.481 e. The molecule has 8 heterocycles. The van der Waals surface area contributed by atoms with Crippen molar-refractivity contribution in [3.63, 3.8) is 0 Å². The standard InChI is InChI=1S/2C36H52N12O5S/c1-3-4-5-9-39-33-32-29(41-36(38)42-33)8-10-47(32)21-26-7-6-25(17-24(26)2)20-46-13-11-45(12-14-46)15-16-48-22-27(43-44-48)19-40-34(51)30(18-31(49)50)54-23-28(37)35(52)53;1-3-4-5-9-39-33-32-29(41-36(38)42-33)8-10-47(32)21-26-7-6-25(17-24(26)2)20-46-13-11-45(12-14-46)15-16-48-22-27(43-44-48)19-40-31(49)18-30(35(52)53)54-23-28(37)34(50)51/h6-8,10,17,22,28,30H,3-5,9,11-16,18-21,23,37H2,1-2H3,(H,40,51)(H,49,50)(H,52,53)(H3,38,39,41,42);6-8,10,17,22,28,30H,3-5,9,11-16,18-21,23,37H2,1-2H3,(H,40,49)(H,50,51)(H,52,53)(H3,38,39,41,42)/t2*28-,30?/m00/s1. The van der Waals surface area contributed by atoms with Gasteiger partial charge in [0.05, 0.1) is 61.3 Å². The summed E-state index contributed by atoms with van der Waals surface area (Å²) in [6, 6.07) is 15.1. The van der Waals surface area contributed by atoms with Crippen molar-refractivity contribution in [2.75, 3.05) is 112 Å². The van der Waals surface area contributed by atoms with Gasteiger partial charge in [-0.3, -0.25) is 57.7 Å². The second kappa shape index (κ2) is 41.1. The van der Waals surface area contributed by atoms with Crippen molar-refractivity contribution in [1.29, 1.82) is 0 Å². The number of nitrogen functional groups attached to an aromatic ring is 2. The SMILES string of the molecule is CCCCCNc1nc(N)nc2ccn(Cc3ccc(CN4CCN(CCn5cc(CNC(=O)C(CC(=O)O)SC[C@H](N)C(=O)O)nn5)CC4)cc3C)c12.CCCCCNc1nc(N)nc2ccn(Cc3ccc(CN4CCN(CCn5cc(CNC(=O)CC(SC[C@H](N)C(=O)O)C(=O)O)nn5)CC4)cc3C)c12. The third-order valence-electron chi connectivity index (χ3n) is 18.9. The van der Waals surface area contributed by atoms with Gasteiger partial charge < -0.3 is 73.8 Å². The number of carboxylic acid groups (broad SMARTS) is 4. The molecular formula is C72H104N24O10S2. The van der Waals surface area contributed by atoms with Crippen LogP contribution >= 0.6 is 23.5 Å². The number of aromatic nitrogens is 12. The Labute approximate surface area is 635 Å². The lowest BCUT2D eigenvalue weighted by molar-refractivity contribution is -0.139. The van der Waals surface area contributed by atoms with Crippen LogP contribution in [-0.2, 0) is 81.1 Å². The van der Waals surface area contributed by atoms with Gasteiger partial charge in [0.2, 0.25) is 23.7 Å². The van der Waals surface area contributed by atoms with Crippen LogP contribution in [-0.4, -0.2) is 247 Å². The third-order valence-corrected chi connectivity index (χ3v) is 21.6. The van der Waals surface area contributed by atoms with Crippen molar-refractivity contribution in [2.24, 2.45) is 11.5 Å². The van der Waals surface area contributed by atoms with E-state index in [-0.39, 0.29) is 42.9 Å². The summed E-state index contributed by atoms with van der Waals surface area (Å²) in [6.45, 7) is 24.3. The number of thioether (sulfide) groups is 2. The average Bonchev–Trinajstić information content (AvgIpc) is 1.62. The maximum atomic E-state index is 12.6. The summed E-state index contributed by atoms with van der Waals surface area (Å²) < 4.78 is 7.87. The number of piperazine rings is 2. The summed E-state index contributed by atoms with van der Waals surface area (Å²) in [5.41, 5.74) is 35.3. The van der Waals surface area contributed by atoms with E-state index in [2.05, 4.69) is 167 Å². The number of nitrogens with zero attached hydrogens (tertiary/aromatic N) is 16. The minimum atomic E-state index is -1.23. The summed E-state index contributed by atoms with van der Waals surface area (Å²) in [4.78, 5) is 97.4. The van der Waals surface area contributed by atoms with Crippen LogP contribution in [0.2, 0.25) is 0 Å². The van der Waals surface area contributed by atoms with E-state index in [1.54, 1.807) is 21.8 Å². The molecule has 2 aliphatic rings. The molecule has 34 nitrogen and oxygen atoms in total. The molecule has 584 valence electrons. The molecule has 2 fully saturated rings. The highest BCUT2D eigenvalue weighted by atomic mass is 32.2. The number of anilines is 4. The molecule has 2 saturated heterocycles. The number of nitrogens with two attached hydrogens (primary N) is 4. The van der Waals surface area contributed by atoms with Crippen molar-refractivity contribution in [1.82, 2.24) is 89.3 Å². The molecular weight excluding hydrogens is 1430 g/mol. The van der Waals surface area contributed by atoms with Crippen molar-refractivity contribution in [3.8, 4) is 0 Å². The summed E-state index contributed by atoms with van der Waals surface area (Å²) in [5.74, 6) is -3.90. The highest BCUT2D eigenvalue weighted by Crippen LogP contribution is 2.28. The molecule has 6 aromatic heterocycles. The van der Waals surface area contributed by atoms with Gasteiger partial charge in [0.1, 0.15) is 39.8 Å². The Bertz CT molecular complexity index is 4290. The van der Waals surface area contributed by atoms with Crippen LogP contribution < -0.4 is 44.2 Å². The summed E-state index contributed by atoms with van der Waals surface area (Å²) >= 11 is 1.74. The summed E-state index contributed by atoms with van der Waals surface area (Å²) in [5, 5.41) is 63.3. The average molecular weight is 1530 g/mol. The van der Waals surface area contributed by atoms with Gasteiger partial charge in [-0.05, 0) is 72.2 Å². The molecule has 36 heteroatoms. The van der Waals surface area contributed by atoms with Crippen molar-refractivity contribution in [2.45, 2.75) is 154 Å². The van der Waals surface area contributed by atoms with E-state index in [4.69, 9.17) is 33.1 Å². The Kier molecular flexibility index (Phi) is 31.4. The molecule has 8 aromatic rings. The first-order chi connectivity index (χ1) is 52.0. The van der Waals surface area contributed by atoms with Crippen LogP contribution in [0.15, 0.2) is 73.3 Å². The van der Waals surface area contributed by atoms with Crippen molar-refractivity contribution in [3.05, 3.63) is 118 Å². The first kappa shape index (κ1) is 82.5. The molecule has 0 saturated carbocycles. The number of amides is 2.